The number of aliphatic hydroxyl groups excluding tert-OH is 1. The van der Waals surface area contributed by atoms with Gasteiger partial charge in [-0.3, -0.25) is 4.79 Å². The monoisotopic (exact) mass is 368 g/mol. The van der Waals surface area contributed by atoms with E-state index in [1.54, 1.807) is 30.3 Å². The Morgan fingerprint density at radius 3 is 1.78 bits per heavy atom. The molecule has 140 valence electrons. The van der Waals surface area contributed by atoms with E-state index in [-0.39, 0.29) is 17.3 Å². The zero-order valence-corrected chi connectivity index (χ0v) is 14.9. The van der Waals surface area contributed by atoms with E-state index in [2.05, 4.69) is 0 Å². The molecule has 2 rings (SSSR count). The van der Waals surface area contributed by atoms with E-state index in [1.807, 2.05) is 0 Å². The van der Waals surface area contributed by atoms with Crippen molar-refractivity contribution in [2.45, 2.75) is 0 Å². The number of hydrogen-bond donors (Lipinski definition) is 3. The van der Waals surface area contributed by atoms with Crippen LogP contribution in [0.15, 0.2) is 60.4 Å². The first-order valence-corrected chi connectivity index (χ1v) is 7.97. The highest BCUT2D eigenvalue weighted by Gasteiger charge is 2.02. The van der Waals surface area contributed by atoms with Crippen molar-refractivity contribution in [3.63, 3.8) is 0 Å². The normalized spacial score (nSPS) is 11.9. The Morgan fingerprint density at radius 2 is 1.33 bits per heavy atom. The quantitative estimate of drug-likeness (QED) is 0.390. The highest BCUT2D eigenvalue weighted by molar-refractivity contribution is 6.02. The summed E-state index contributed by atoms with van der Waals surface area (Å²) in [4.78, 5) is 11.9. The summed E-state index contributed by atoms with van der Waals surface area (Å²) in [5.41, 5.74) is 1.24. The van der Waals surface area contributed by atoms with Crippen molar-refractivity contribution in [1.82, 2.24) is 0 Å². The SMILES string of the molecule is COc1ccc(C=CC(=O)C=C(O)C=Cc2ccc(OC)c(O)c2)cc1O. The van der Waals surface area contributed by atoms with E-state index >= 15 is 0 Å². The van der Waals surface area contributed by atoms with Gasteiger partial charge in [-0.1, -0.05) is 24.3 Å². The van der Waals surface area contributed by atoms with Crippen molar-refractivity contribution in [3.8, 4) is 23.0 Å². The van der Waals surface area contributed by atoms with Crippen molar-refractivity contribution in [2.75, 3.05) is 14.2 Å². The van der Waals surface area contributed by atoms with Crippen molar-refractivity contribution in [2.24, 2.45) is 0 Å². The molecule has 6 nitrogen and oxygen atoms in total. The number of carbonyl (C=O) groups is 1. The van der Waals surface area contributed by atoms with Crippen LogP contribution in [0.5, 0.6) is 23.0 Å². The minimum absolute atomic E-state index is 0.0233. The molecule has 0 atom stereocenters. The number of aromatic hydroxyl groups is 2. The minimum atomic E-state index is -0.426. The summed E-state index contributed by atoms with van der Waals surface area (Å²) in [6, 6.07) is 9.48. The predicted octanol–water partition coefficient (Wildman–Crippen LogP) is 3.85. The van der Waals surface area contributed by atoms with Gasteiger partial charge in [-0.15, -0.1) is 0 Å². The Kier molecular flexibility index (Phi) is 6.66. The summed E-state index contributed by atoms with van der Waals surface area (Å²) in [6.07, 6.45) is 6.72. The topological polar surface area (TPSA) is 96.2 Å². The average Bonchev–Trinajstić information content (AvgIpc) is 2.65. The second kappa shape index (κ2) is 9.15. The number of phenolic OH excluding ortho intramolecular Hbond substituents is 2. The number of aliphatic hydroxyl groups is 1. The van der Waals surface area contributed by atoms with E-state index in [0.29, 0.717) is 22.6 Å². The average molecular weight is 368 g/mol. The van der Waals surface area contributed by atoms with E-state index in [0.717, 1.165) is 6.08 Å². The van der Waals surface area contributed by atoms with Crippen LogP contribution in [0.4, 0.5) is 0 Å². The number of ketones is 1. The second-order valence-electron chi connectivity index (χ2n) is 5.50. The molecule has 0 aliphatic heterocycles. The van der Waals surface area contributed by atoms with Crippen LogP contribution >= 0.6 is 0 Å². The van der Waals surface area contributed by atoms with Gasteiger partial charge in [0.05, 0.1) is 14.2 Å². The first kappa shape index (κ1) is 19.7. The lowest BCUT2D eigenvalue weighted by Crippen LogP contribution is -1.89. The van der Waals surface area contributed by atoms with Gasteiger partial charge in [-0.25, -0.2) is 0 Å². The summed E-state index contributed by atoms with van der Waals surface area (Å²) in [5.74, 6) is -0.0360. The van der Waals surface area contributed by atoms with Gasteiger partial charge in [0.25, 0.3) is 0 Å². The van der Waals surface area contributed by atoms with Crippen LogP contribution in [0.25, 0.3) is 12.2 Å². The maximum Gasteiger partial charge on any atom is 0.182 e. The molecule has 6 heteroatoms. The third-order valence-electron chi connectivity index (χ3n) is 3.58. The minimum Gasteiger partial charge on any atom is -0.508 e. The molecule has 0 aromatic heterocycles. The first-order valence-electron chi connectivity index (χ1n) is 7.97. The second-order valence-corrected chi connectivity index (χ2v) is 5.50. The lowest BCUT2D eigenvalue weighted by molar-refractivity contribution is -0.110. The summed E-state index contributed by atoms with van der Waals surface area (Å²) in [7, 11) is 2.90. The number of carbonyl (C=O) groups excluding carboxylic acids is 1. The fraction of sp³-hybridized carbons (Fsp3) is 0.0952. The van der Waals surface area contributed by atoms with Gasteiger partial charge in [-0.05, 0) is 47.5 Å². The number of phenols is 2. The number of hydrogen-bond acceptors (Lipinski definition) is 6. The van der Waals surface area contributed by atoms with Crippen molar-refractivity contribution in [3.05, 3.63) is 71.5 Å². The van der Waals surface area contributed by atoms with E-state index in [9.17, 15) is 20.1 Å². The van der Waals surface area contributed by atoms with E-state index in [4.69, 9.17) is 9.47 Å². The fourth-order valence-electron chi connectivity index (χ4n) is 2.22. The number of ether oxygens (including phenoxy) is 2. The Hall–Kier alpha value is -3.67. The van der Waals surface area contributed by atoms with Crippen LogP contribution in [-0.2, 0) is 4.79 Å². The third-order valence-corrected chi connectivity index (χ3v) is 3.58. The van der Waals surface area contributed by atoms with Gasteiger partial charge in [-0.2, -0.15) is 0 Å². The van der Waals surface area contributed by atoms with Gasteiger partial charge in [0.1, 0.15) is 5.76 Å². The molecule has 0 aliphatic carbocycles. The molecule has 0 heterocycles. The molecule has 0 aliphatic rings. The molecule has 0 saturated heterocycles. The van der Waals surface area contributed by atoms with Gasteiger partial charge in [0.2, 0.25) is 0 Å². The molecule has 0 fully saturated rings. The van der Waals surface area contributed by atoms with Gasteiger partial charge >= 0.3 is 0 Å². The van der Waals surface area contributed by atoms with Gasteiger partial charge in [0, 0.05) is 6.08 Å². The van der Waals surface area contributed by atoms with E-state index in [1.165, 1.54) is 44.6 Å². The molecule has 3 N–H and O–H groups in total. The largest absolute Gasteiger partial charge is 0.508 e. The van der Waals surface area contributed by atoms with Crippen LogP contribution in [0.1, 0.15) is 11.1 Å². The van der Waals surface area contributed by atoms with Gasteiger partial charge < -0.3 is 24.8 Å². The van der Waals surface area contributed by atoms with Crippen molar-refractivity contribution in [1.29, 1.82) is 0 Å². The first-order chi connectivity index (χ1) is 12.9. The van der Waals surface area contributed by atoms with Crippen LogP contribution in [-0.4, -0.2) is 35.3 Å². The standard InChI is InChI=1S/C21H20O6/c1-26-20-9-5-14(11-18(20)24)3-7-16(22)13-17(23)8-4-15-6-10-21(27-2)19(25)12-15/h3-13,22,24-25H,1-2H3. The molecule has 2 aromatic carbocycles. The lowest BCUT2D eigenvalue weighted by Gasteiger charge is -2.03. The molecule has 2 aromatic rings. The maximum absolute atomic E-state index is 11.9. The Bertz CT molecular complexity index is 909. The number of rotatable bonds is 7. The summed E-state index contributed by atoms with van der Waals surface area (Å²) < 4.78 is 9.90. The Morgan fingerprint density at radius 1 is 0.852 bits per heavy atom. The van der Waals surface area contributed by atoms with Crippen molar-refractivity contribution >= 4 is 17.9 Å². The lowest BCUT2D eigenvalue weighted by atomic mass is 10.1. The molecule has 0 spiro atoms. The molecule has 0 radical (unpaired) electrons. The molecule has 0 saturated carbocycles. The highest BCUT2D eigenvalue weighted by atomic mass is 16.5. The molecule has 0 unspecified atom stereocenters. The fourth-order valence-corrected chi connectivity index (χ4v) is 2.22. The number of benzene rings is 2. The highest BCUT2D eigenvalue weighted by Crippen LogP contribution is 2.27. The summed E-state index contributed by atoms with van der Waals surface area (Å²) in [6.45, 7) is 0. The number of allylic oxidation sites excluding steroid dienone is 3. The molecule has 27 heavy (non-hydrogen) atoms. The van der Waals surface area contributed by atoms with Crippen LogP contribution in [0.3, 0.4) is 0 Å². The predicted molar refractivity (Wildman–Crippen MR) is 103 cm³/mol. The van der Waals surface area contributed by atoms with Crippen LogP contribution < -0.4 is 9.47 Å². The zero-order chi connectivity index (χ0) is 19.8. The van der Waals surface area contributed by atoms with Crippen LogP contribution in [0, 0.1) is 0 Å². The Balaban J connectivity index is 2.03. The maximum atomic E-state index is 11.9. The van der Waals surface area contributed by atoms with Crippen LogP contribution in [0.2, 0.25) is 0 Å². The summed E-state index contributed by atoms with van der Waals surface area (Å²) in [5, 5.41) is 29.2. The molecule has 0 bridgehead atoms. The van der Waals surface area contributed by atoms with Crippen molar-refractivity contribution < 1.29 is 29.6 Å². The summed E-state index contributed by atoms with van der Waals surface area (Å²) >= 11 is 0. The smallest absolute Gasteiger partial charge is 0.182 e. The zero-order valence-electron chi connectivity index (χ0n) is 14.9. The third kappa shape index (κ3) is 5.67. The molecule has 0 amide bonds. The number of methoxy groups -OCH3 is 2. The molecular formula is C21H20O6. The van der Waals surface area contributed by atoms with E-state index < -0.39 is 5.78 Å². The Labute approximate surface area is 156 Å². The molecular weight excluding hydrogens is 348 g/mol. The van der Waals surface area contributed by atoms with Gasteiger partial charge in [0.15, 0.2) is 28.8 Å².